The van der Waals surface area contributed by atoms with Crippen LogP contribution in [0.15, 0.2) is 0 Å². The standard InChI is InChI=1S/C12H22F2O/c1-5-12(10(13)14)6-7-15-8-11(12,4)9(2)3/h9-10H,5-8H2,1-4H3. The first-order valence-electron chi connectivity index (χ1n) is 5.76. The van der Waals surface area contributed by atoms with Crippen molar-refractivity contribution in [2.75, 3.05) is 13.2 Å². The second kappa shape index (κ2) is 4.36. The van der Waals surface area contributed by atoms with E-state index in [9.17, 15) is 8.78 Å². The predicted octanol–water partition coefficient (Wildman–Crippen LogP) is 3.73. The molecule has 0 amide bonds. The van der Waals surface area contributed by atoms with E-state index in [2.05, 4.69) is 0 Å². The van der Waals surface area contributed by atoms with E-state index in [0.717, 1.165) is 0 Å². The van der Waals surface area contributed by atoms with Gasteiger partial charge in [0.1, 0.15) is 0 Å². The quantitative estimate of drug-likeness (QED) is 0.704. The maximum Gasteiger partial charge on any atom is 0.244 e. The van der Waals surface area contributed by atoms with Crippen molar-refractivity contribution in [1.82, 2.24) is 0 Å². The molecular weight excluding hydrogens is 198 g/mol. The highest BCUT2D eigenvalue weighted by Crippen LogP contribution is 2.55. The first-order valence-corrected chi connectivity index (χ1v) is 5.76. The van der Waals surface area contributed by atoms with Gasteiger partial charge in [-0.1, -0.05) is 27.7 Å². The lowest BCUT2D eigenvalue weighted by Crippen LogP contribution is -2.54. The number of rotatable bonds is 3. The summed E-state index contributed by atoms with van der Waals surface area (Å²) in [5.74, 6) is 0.215. The average Bonchev–Trinajstić information content (AvgIpc) is 2.18. The summed E-state index contributed by atoms with van der Waals surface area (Å²) in [6.07, 6.45) is -1.24. The lowest BCUT2D eigenvalue weighted by molar-refractivity contribution is -0.191. The summed E-state index contributed by atoms with van der Waals surface area (Å²) in [4.78, 5) is 0. The van der Waals surface area contributed by atoms with Crippen molar-refractivity contribution in [3.05, 3.63) is 0 Å². The zero-order valence-corrected chi connectivity index (χ0v) is 10.1. The van der Waals surface area contributed by atoms with Gasteiger partial charge in [-0.15, -0.1) is 0 Å². The summed E-state index contributed by atoms with van der Waals surface area (Å²) in [6.45, 7) is 8.79. The molecule has 2 atom stereocenters. The Morgan fingerprint density at radius 2 is 1.93 bits per heavy atom. The molecule has 0 N–H and O–H groups in total. The number of halogens is 2. The molecule has 0 spiro atoms. The van der Waals surface area contributed by atoms with Gasteiger partial charge in [0.2, 0.25) is 6.43 Å². The molecule has 1 aliphatic heterocycles. The van der Waals surface area contributed by atoms with Crippen LogP contribution in [-0.4, -0.2) is 19.6 Å². The molecule has 1 nitrogen and oxygen atoms in total. The van der Waals surface area contributed by atoms with Crippen LogP contribution in [0.5, 0.6) is 0 Å². The Hall–Kier alpha value is -0.180. The topological polar surface area (TPSA) is 9.23 Å². The van der Waals surface area contributed by atoms with Crippen LogP contribution >= 0.6 is 0 Å². The smallest absolute Gasteiger partial charge is 0.244 e. The van der Waals surface area contributed by atoms with Crippen molar-refractivity contribution >= 4 is 0 Å². The summed E-state index contributed by atoms with van der Waals surface area (Å²) in [6, 6.07) is 0. The van der Waals surface area contributed by atoms with Gasteiger partial charge >= 0.3 is 0 Å². The van der Waals surface area contributed by atoms with Crippen molar-refractivity contribution in [3.63, 3.8) is 0 Å². The van der Waals surface area contributed by atoms with Crippen molar-refractivity contribution < 1.29 is 13.5 Å². The maximum absolute atomic E-state index is 13.4. The van der Waals surface area contributed by atoms with Crippen LogP contribution in [0.3, 0.4) is 0 Å². The van der Waals surface area contributed by atoms with E-state index in [1.165, 1.54) is 0 Å². The fraction of sp³-hybridized carbons (Fsp3) is 1.00. The van der Waals surface area contributed by atoms with Gasteiger partial charge < -0.3 is 4.74 Å². The summed E-state index contributed by atoms with van der Waals surface area (Å²) < 4.78 is 32.2. The average molecular weight is 220 g/mol. The number of alkyl halides is 2. The molecule has 1 rings (SSSR count). The molecule has 1 aliphatic rings. The molecule has 1 fully saturated rings. The Labute approximate surface area is 91.2 Å². The molecule has 0 bridgehead atoms. The molecular formula is C12H22F2O. The molecule has 15 heavy (non-hydrogen) atoms. The Morgan fingerprint density at radius 3 is 2.27 bits per heavy atom. The zero-order valence-electron chi connectivity index (χ0n) is 10.1. The Morgan fingerprint density at radius 1 is 1.33 bits per heavy atom. The minimum Gasteiger partial charge on any atom is -0.381 e. The van der Waals surface area contributed by atoms with Crippen LogP contribution in [0.4, 0.5) is 8.78 Å². The summed E-state index contributed by atoms with van der Waals surface area (Å²) >= 11 is 0. The highest BCUT2D eigenvalue weighted by Gasteiger charge is 2.56. The van der Waals surface area contributed by atoms with Gasteiger partial charge in [-0.25, -0.2) is 8.78 Å². The zero-order chi connectivity index (χ0) is 11.7. The second-order valence-electron chi connectivity index (χ2n) is 5.19. The van der Waals surface area contributed by atoms with E-state index in [-0.39, 0.29) is 5.92 Å². The van der Waals surface area contributed by atoms with E-state index in [4.69, 9.17) is 4.74 Å². The second-order valence-corrected chi connectivity index (χ2v) is 5.19. The third-order valence-electron chi connectivity index (χ3n) is 4.55. The van der Waals surface area contributed by atoms with E-state index >= 15 is 0 Å². The number of hydrogen-bond acceptors (Lipinski definition) is 1. The van der Waals surface area contributed by atoms with E-state index in [1.54, 1.807) is 0 Å². The fourth-order valence-corrected chi connectivity index (χ4v) is 2.80. The first-order chi connectivity index (χ1) is 6.90. The molecule has 0 radical (unpaired) electrons. The van der Waals surface area contributed by atoms with Crippen LogP contribution in [0, 0.1) is 16.7 Å². The highest BCUT2D eigenvalue weighted by atomic mass is 19.3. The molecule has 0 aliphatic carbocycles. The molecule has 3 heteroatoms. The van der Waals surface area contributed by atoms with Gasteiger partial charge in [0, 0.05) is 17.4 Å². The Balaban J connectivity index is 3.08. The van der Waals surface area contributed by atoms with Gasteiger partial charge in [0.15, 0.2) is 0 Å². The minimum absolute atomic E-state index is 0.215. The fourth-order valence-electron chi connectivity index (χ4n) is 2.80. The van der Waals surface area contributed by atoms with Crippen LogP contribution in [0.25, 0.3) is 0 Å². The Bertz CT molecular complexity index is 218. The van der Waals surface area contributed by atoms with E-state index in [0.29, 0.717) is 26.1 Å². The van der Waals surface area contributed by atoms with Crippen molar-refractivity contribution in [2.24, 2.45) is 16.7 Å². The SMILES string of the molecule is CCC1(C(F)F)CCOCC1(C)C(C)C. The van der Waals surface area contributed by atoms with Crippen molar-refractivity contribution in [2.45, 2.75) is 47.0 Å². The minimum atomic E-state index is -2.25. The Kier molecular flexibility index (Phi) is 3.75. The lowest BCUT2D eigenvalue weighted by Gasteiger charge is -2.53. The van der Waals surface area contributed by atoms with Crippen LogP contribution in [0.1, 0.15) is 40.5 Å². The van der Waals surface area contributed by atoms with Gasteiger partial charge in [-0.05, 0) is 18.8 Å². The molecule has 0 aromatic heterocycles. The largest absolute Gasteiger partial charge is 0.381 e. The lowest BCUT2D eigenvalue weighted by atomic mass is 9.56. The summed E-state index contributed by atoms with van der Waals surface area (Å²) in [5.41, 5.74) is -1.27. The monoisotopic (exact) mass is 220 g/mol. The first kappa shape index (κ1) is 12.9. The van der Waals surface area contributed by atoms with E-state index in [1.807, 2.05) is 27.7 Å². The normalized spacial score (nSPS) is 37.6. The third kappa shape index (κ3) is 1.79. The van der Waals surface area contributed by atoms with Crippen molar-refractivity contribution in [1.29, 1.82) is 0 Å². The molecule has 90 valence electrons. The van der Waals surface area contributed by atoms with Crippen LogP contribution in [0.2, 0.25) is 0 Å². The summed E-state index contributed by atoms with van der Waals surface area (Å²) in [5, 5.41) is 0. The van der Waals surface area contributed by atoms with Gasteiger partial charge in [0.25, 0.3) is 0 Å². The van der Waals surface area contributed by atoms with Crippen molar-refractivity contribution in [3.8, 4) is 0 Å². The molecule has 1 heterocycles. The van der Waals surface area contributed by atoms with E-state index < -0.39 is 17.3 Å². The molecule has 0 aromatic carbocycles. The molecule has 0 saturated carbocycles. The predicted molar refractivity (Wildman–Crippen MR) is 57.1 cm³/mol. The van der Waals surface area contributed by atoms with Gasteiger partial charge in [-0.2, -0.15) is 0 Å². The van der Waals surface area contributed by atoms with Crippen LogP contribution < -0.4 is 0 Å². The molecule has 2 unspecified atom stereocenters. The molecule has 0 aromatic rings. The number of ether oxygens (including phenoxy) is 1. The molecule has 1 saturated heterocycles. The van der Waals surface area contributed by atoms with Crippen LogP contribution in [-0.2, 0) is 4.74 Å². The maximum atomic E-state index is 13.4. The van der Waals surface area contributed by atoms with Gasteiger partial charge in [0.05, 0.1) is 6.61 Å². The highest BCUT2D eigenvalue weighted by molar-refractivity contribution is 5.00. The summed E-state index contributed by atoms with van der Waals surface area (Å²) in [7, 11) is 0. The number of hydrogen-bond donors (Lipinski definition) is 0. The third-order valence-corrected chi connectivity index (χ3v) is 4.55. The van der Waals surface area contributed by atoms with Gasteiger partial charge in [-0.3, -0.25) is 0 Å².